The maximum atomic E-state index is 12.1. The van der Waals surface area contributed by atoms with Crippen molar-refractivity contribution < 1.29 is 13.9 Å². The minimum atomic E-state index is -0.377. The molecule has 27 heavy (non-hydrogen) atoms. The van der Waals surface area contributed by atoms with Crippen molar-refractivity contribution in [2.45, 2.75) is 32.7 Å². The minimum absolute atomic E-state index is 0.103. The topological polar surface area (TPSA) is 68.5 Å². The average molecular weight is 365 g/mol. The van der Waals surface area contributed by atoms with E-state index in [1.165, 1.54) is 6.07 Å². The summed E-state index contributed by atoms with van der Waals surface area (Å²) < 4.78 is 10.9. The smallest absolute Gasteiger partial charge is 0.336 e. The standard InChI is InChI=1S/C22H23NO4/c1-3-7-17-12-22(25)27-20-13-18(10-11-19(17)20)26-14-21(24)23-15(2)16-8-5-4-6-9-16/h4-6,8-13,15H,3,7,14H2,1-2H3,(H,23,24)/t15-/m1/s1. The quantitative estimate of drug-likeness (QED) is 0.643. The van der Waals surface area contributed by atoms with E-state index in [0.717, 1.165) is 29.4 Å². The van der Waals surface area contributed by atoms with Gasteiger partial charge in [0.05, 0.1) is 6.04 Å². The summed E-state index contributed by atoms with van der Waals surface area (Å²) >= 11 is 0. The van der Waals surface area contributed by atoms with Crippen LogP contribution >= 0.6 is 0 Å². The Balaban J connectivity index is 1.66. The highest BCUT2D eigenvalue weighted by Crippen LogP contribution is 2.23. The highest BCUT2D eigenvalue weighted by atomic mass is 16.5. The van der Waals surface area contributed by atoms with Crippen molar-refractivity contribution in [2.24, 2.45) is 0 Å². The molecule has 3 aromatic rings. The highest BCUT2D eigenvalue weighted by molar-refractivity contribution is 5.82. The van der Waals surface area contributed by atoms with Gasteiger partial charge < -0.3 is 14.5 Å². The monoisotopic (exact) mass is 365 g/mol. The second-order valence-electron chi connectivity index (χ2n) is 6.49. The third kappa shape index (κ3) is 4.76. The molecule has 0 fully saturated rings. The number of rotatable bonds is 7. The first kappa shape index (κ1) is 18.7. The molecule has 2 aromatic carbocycles. The van der Waals surface area contributed by atoms with E-state index in [-0.39, 0.29) is 24.2 Å². The molecule has 1 N–H and O–H groups in total. The molecule has 5 nitrogen and oxygen atoms in total. The summed E-state index contributed by atoms with van der Waals surface area (Å²) in [4.78, 5) is 23.9. The third-order valence-corrected chi connectivity index (χ3v) is 4.37. The van der Waals surface area contributed by atoms with Crippen LogP contribution in [-0.4, -0.2) is 12.5 Å². The molecule has 0 aliphatic heterocycles. The molecule has 1 aromatic heterocycles. The van der Waals surface area contributed by atoms with Gasteiger partial charge in [-0.15, -0.1) is 0 Å². The number of carbonyl (C=O) groups is 1. The largest absolute Gasteiger partial charge is 0.484 e. The van der Waals surface area contributed by atoms with Crippen LogP contribution in [0.4, 0.5) is 0 Å². The normalized spacial score (nSPS) is 11.9. The highest BCUT2D eigenvalue weighted by Gasteiger charge is 2.11. The van der Waals surface area contributed by atoms with Crippen LogP contribution in [0.25, 0.3) is 11.0 Å². The summed E-state index contributed by atoms with van der Waals surface area (Å²) in [5, 5.41) is 3.80. The molecule has 0 aliphatic rings. The van der Waals surface area contributed by atoms with E-state index in [1.54, 1.807) is 12.1 Å². The molecule has 1 atom stereocenters. The first-order chi connectivity index (χ1) is 13.1. The fourth-order valence-corrected chi connectivity index (χ4v) is 3.03. The van der Waals surface area contributed by atoms with E-state index in [0.29, 0.717) is 11.3 Å². The van der Waals surface area contributed by atoms with Gasteiger partial charge in [0, 0.05) is 17.5 Å². The molecule has 0 unspecified atom stereocenters. The van der Waals surface area contributed by atoms with Crippen LogP contribution in [0.3, 0.4) is 0 Å². The number of nitrogens with one attached hydrogen (secondary N) is 1. The van der Waals surface area contributed by atoms with Gasteiger partial charge in [0.25, 0.3) is 5.91 Å². The third-order valence-electron chi connectivity index (χ3n) is 4.37. The van der Waals surface area contributed by atoms with Crippen molar-refractivity contribution >= 4 is 16.9 Å². The number of hydrogen-bond donors (Lipinski definition) is 1. The number of benzene rings is 2. The lowest BCUT2D eigenvalue weighted by Crippen LogP contribution is -2.31. The van der Waals surface area contributed by atoms with Crippen molar-refractivity contribution in [3.8, 4) is 5.75 Å². The fraction of sp³-hybridized carbons (Fsp3) is 0.273. The molecule has 0 radical (unpaired) electrons. The van der Waals surface area contributed by atoms with Crippen molar-refractivity contribution in [3.63, 3.8) is 0 Å². The predicted octanol–water partition coefficient (Wildman–Crippen LogP) is 4.00. The summed E-state index contributed by atoms with van der Waals surface area (Å²) in [5.74, 6) is 0.273. The Labute approximate surface area is 158 Å². The Morgan fingerprint density at radius 2 is 1.93 bits per heavy atom. The molecule has 5 heteroatoms. The zero-order chi connectivity index (χ0) is 19.2. The Kier molecular flexibility index (Phi) is 5.91. The molecule has 0 saturated heterocycles. The van der Waals surface area contributed by atoms with Crippen LogP contribution in [0.15, 0.2) is 63.8 Å². The predicted molar refractivity (Wildman–Crippen MR) is 105 cm³/mol. The van der Waals surface area contributed by atoms with E-state index in [2.05, 4.69) is 12.2 Å². The first-order valence-electron chi connectivity index (χ1n) is 9.10. The molecule has 0 bridgehead atoms. The lowest BCUT2D eigenvalue weighted by molar-refractivity contribution is -0.123. The van der Waals surface area contributed by atoms with Gasteiger partial charge in [-0.2, -0.15) is 0 Å². The number of aryl methyl sites for hydroxylation is 1. The molecule has 1 amide bonds. The zero-order valence-corrected chi connectivity index (χ0v) is 15.5. The number of fused-ring (bicyclic) bond motifs is 1. The molecule has 3 rings (SSSR count). The van der Waals surface area contributed by atoms with Crippen molar-refractivity contribution in [1.82, 2.24) is 5.32 Å². The summed E-state index contributed by atoms with van der Waals surface area (Å²) in [6.45, 7) is 3.88. The molecule has 0 spiro atoms. The van der Waals surface area contributed by atoms with Crippen LogP contribution in [0.2, 0.25) is 0 Å². The van der Waals surface area contributed by atoms with Crippen LogP contribution in [0, 0.1) is 0 Å². The Morgan fingerprint density at radius 3 is 2.67 bits per heavy atom. The van der Waals surface area contributed by atoms with Crippen LogP contribution in [0.5, 0.6) is 5.75 Å². The van der Waals surface area contributed by atoms with Crippen molar-refractivity contribution in [2.75, 3.05) is 6.61 Å². The van der Waals surface area contributed by atoms with E-state index < -0.39 is 0 Å². The first-order valence-corrected chi connectivity index (χ1v) is 9.10. The fourth-order valence-electron chi connectivity index (χ4n) is 3.03. The van der Waals surface area contributed by atoms with E-state index in [1.807, 2.05) is 43.3 Å². The number of amides is 1. The van der Waals surface area contributed by atoms with Crippen LogP contribution < -0.4 is 15.7 Å². The summed E-state index contributed by atoms with van der Waals surface area (Å²) in [6.07, 6.45) is 1.75. The molecule has 140 valence electrons. The van der Waals surface area contributed by atoms with E-state index in [4.69, 9.17) is 9.15 Å². The molecule has 1 heterocycles. The Bertz CT molecular complexity index is 979. The van der Waals surface area contributed by atoms with Gasteiger partial charge in [0.15, 0.2) is 6.61 Å². The average Bonchev–Trinajstić information content (AvgIpc) is 2.67. The SMILES string of the molecule is CCCc1cc(=O)oc2cc(OCC(=O)N[C@H](C)c3ccccc3)ccc12. The van der Waals surface area contributed by atoms with Gasteiger partial charge in [0.1, 0.15) is 11.3 Å². The van der Waals surface area contributed by atoms with Crippen molar-refractivity contribution in [1.29, 1.82) is 0 Å². The maximum absolute atomic E-state index is 12.1. The van der Waals surface area contributed by atoms with Gasteiger partial charge >= 0.3 is 5.63 Å². The van der Waals surface area contributed by atoms with Crippen molar-refractivity contribution in [3.05, 3.63) is 76.1 Å². The number of hydrogen-bond acceptors (Lipinski definition) is 4. The summed E-state index contributed by atoms with van der Waals surface area (Å²) in [5.41, 5.74) is 2.09. The van der Waals surface area contributed by atoms with E-state index >= 15 is 0 Å². The lowest BCUT2D eigenvalue weighted by Gasteiger charge is -2.14. The van der Waals surface area contributed by atoms with Gasteiger partial charge in [0.2, 0.25) is 0 Å². The zero-order valence-electron chi connectivity index (χ0n) is 15.5. The van der Waals surface area contributed by atoms with Gasteiger partial charge in [-0.1, -0.05) is 43.7 Å². The summed E-state index contributed by atoms with van der Waals surface area (Å²) in [7, 11) is 0. The number of ether oxygens (including phenoxy) is 1. The van der Waals surface area contributed by atoms with Gasteiger partial charge in [-0.3, -0.25) is 4.79 Å². The molecular weight excluding hydrogens is 342 g/mol. The lowest BCUT2D eigenvalue weighted by atomic mass is 10.1. The van der Waals surface area contributed by atoms with Crippen LogP contribution in [-0.2, 0) is 11.2 Å². The second kappa shape index (κ2) is 8.54. The molecule has 0 saturated carbocycles. The van der Waals surface area contributed by atoms with E-state index in [9.17, 15) is 9.59 Å². The van der Waals surface area contributed by atoms with Gasteiger partial charge in [-0.05, 0) is 36.6 Å². The molecular formula is C22H23NO4. The number of carbonyl (C=O) groups excluding carboxylic acids is 1. The van der Waals surface area contributed by atoms with Gasteiger partial charge in [-0.25, -0.2) is 4.79 Å². The molecule has 0 aliphatic carbocycles. The van der Waals surface area contributed by atoms with Crippen LogP contribution in [0.1, 0.15) is 37.4 Å². The maximum Gasteiger partial charge on any atom is 0.336 e. The summed E-state index contributed by atoms with van der Waals surface area (Å²) in [6, 6.07) is 16.5. The Morgan fingerprint density at radius 1 is 1.15 bits per heavy atom. The Hall–Kier alpha value is -3.08. The second-order valence-corrected chi connectivity index (χ2v) is 6.49. The minimum Gasteiger partial charge on any atom is -0.484 e.